The first-order valence-corrected chi connectivity index (χ1v) is 16.6. The predicted molar refractivity (Wildman–Crippen MR) is 170 cm³/mol. The van der Waals surface area contributed by atoms with Gasteiger partial charge in [0.05, 0.1) is 35.9 Å². The molecule has 13 heteroatoms. The molecule has 10 nitrogen and oxygen atoms in total. The third kappa shape index (κ3) is 5.28. The Morgan fingerprint density at radius 3 is 2.93 bits per heavy atom. The van der Waals surface area contributed by atoms with Crippen molar-refractivity contribution in [3.63, 3.8) is 0 Å². The van der Waals surface area contributed by atoms with Crippen molar-refractivity contribution < 1.29 is 23.0 Å². The molecule has 3 fully saturated rings. The number of ketones is 1. The van der Waals surface area contributed by atoms with Crippen LogP contribution in [-0.4, -0.2) is 93.5 Å². The smallest absolute Gasteiger partial charge is 0.319 e. The fraction of sp³-hybridized carbons (Fsp3) is 0.545. The number of halogens is 3. The highest BCUT2D eigenvalue weighted by atomic mass is 35.5. The maximum absolute atomic E-state index is 17.0. The third-order valence-corrected chi connectivity index (χ3v) is 10.5. The van der Waals surface area contributed by atoms with Crippen LogP contribution < -0.4 is 9.64 Å². The molecule has 242 valence electrons. The molecule has 1 aromatic carbocycles. The molecule has 5 aliphatic heterocycles. The molecule has 3 aromatic heterocycles. The number of hydrogen-bond donors (Lipinski definition) is 1. The molecule has 9 rings (SSSR count). The first-order valence-electron chi connectivity index (χ1n) is 16.3. The number of anilines is 1. The summed E-state index contributed by atoms with van der Waals surface area (Å²) in [5.41, 5.74) is 1.75. The van der Waals surface area contributed by atoms with Crippen molar-refractivity contribution in [3.05, 3.63) is 34.9 Å². The number of carbonyl (C=O) groups is 1. The number of rotatable bonds is 3. The molecule has 0 aliphatic carbocycles. The summed E-state index contributed by atoms with van der Waals surface area (Å²) in [4.78, 5) is 31.5. The van der Waals surface area contributed by atoms with Crippen LogP contribution in [0.1, 0.15) is 50.5 Å². The van der Waals surface area contributed by atoms with Gasteiger partial charge >= 0.3 is 6.01 Å². The van der Waals surface area contributed by atoms with Gasteiger partial charge in [0.2, 0.25) is 0 Å². The van der Waals surface area contributed by atoms with E-state index in [-0.39, 0.29) is 35.5 Å². The number of benzene rings is 1. The number of aromatic nitrogens is 5. The van der Waals surface area contributed by atoms with Crippen LogP contribution in [0.4, 0.5) is 14.6 Å². The van der Waals surface area contributed by atoms with Crippen LogP contribution in [0.3, 0.4) is 0 Å². The van der Waals surface area contributed by atoms with Crippen molar-refractivity contribution in [2.75, 3.05) is 50.9 Å². The molecule has 6 bridgehead atoms. The van der Waals surface area contributed by atoms with Crippen LogP contribution in [0.2, 0.25) is 5.02 Å². The summed E-state index contributed by atoms with van der Waals surface area (Å²) in [6.07, 6.45) is 7.33. The lowest BCUT2D eigenvalue weighted by Crippen LogP contribution is -2.43. The number of hydrogen-bond acceptors (Lipinski definition) is 9. The first-order chi connectivity index (χ1) is 22.4. The van der Waals surface area contributed by atoms with Gasteiger partial charge in [0.15, 0.2) is 5.82 Å². The Bertz CT molecular complexity index is 1820. The van der Waals surface area contributed by atoms with Gasteiger partial charge in [0, 0.05) is 67.0 Å². The number of carbonyl (C=O) groups excluding carboxylic acids is 1. The van der Waals surface area contributed by atoms with Crippen molar-refractivity contribution in [3.8, 4) is 17.3 Å². The van der Waals surface area contributed by atoms with Crippen molar-refractivity contribution >= 4 is 45.0 Å². The van der Waals surface area contributed by atoms with E-state index in [9.17, 15) is 9.18 Å². The fourth-order valence-electron chi connectivity index (χ4n) is 8.01. The van der Waals surface area contributed by atoms with Gasteiger partial charge in [-0.2, -0.15) is 15.1 Å². The minimum atomic E-state index is -0.904. The summed E-state index contributed by atoms with van der Waals surface area (Å²) in [5.74, 6) is 0.00980. The van der Waals surface area contributed by atoms with Crippen LogP contribution in [0.5, 0.6) is 6.01 Å². The standard InChI is InChI=1S/C33H36ClF2N7O3/c34-25-11-26-23(14-38-41-26)27-22(25)5-2-1-4-21(44)10-19-15-42(8-9-45-17-19)31-24-13-37-30(27)28(36)29(24)39-32(40-31)46-18-33-6-3-7-43(33)16-20(35)12-33/h11,13-14,19-20H,1-10,12,15-18H2,(H,38,41)/t19-,20-,33+/m1/s1. The van der Waals surface area contributed by atoms with Crippen LogP contribution in [0.15, 0.2) is 18.5 Å². The third-order valence-electron chi connectivity index (χ3n) is 10.2. The largest absolute Gasteiger partial charge is 0.461 e. The highest BCUT2D eigenvalue weighted by molar-refractivity contribution is 6.33. The predicted octanol–water partition coefficient (Wildman–Crippen LogP) is 5.45. The Hall–Kier alpha value is -3.48. The lowest BCUT2D eigenvalue weighted by atomic mass is 9.93. The number of nitrogens with zero attached hydrogens (tertiary/aromatic N) is 6. The second kappa shape index (κ2) is 12.0. The Balaban J connectivity index is 1.30. The highest BCUT2D eigenvalue weighted by Crippen LogP contribution is 2.42. The van der Waals surface area contributed by atoms with E-state index in [4.69, 9.17) is 31.0 Å². The fourth-order valence-corrected chi connectivity index (χ4v) is 8.31. The Morgan fingerprint density at radius 2 is 2.02 bits per heavy atom. The van der Waals surface area contributed by atoms with Gasteiger partial charge < -0.3 is 14.4 Å². The minimum absolute atomic E-state index is 0.0285. The second-order valence-electron chi connectivity index (χ2n) is 13.3. The lowest BCUT2D eigenvalue weighted by Gasteiger charge is -2.31. The number of aromatic amines is 1. The highest BCUT2D eigenvalue weighted by Gasteiger charge is 2.49. The zero-order valence-electron chi connectivity index (χ0n) is 25.5. The van der Waals surface area contributed by atoms with E-state index in [0.29, 0.717) is 104 Å². The number of alkyl halides is 1. The van der Waals surface area contributed by atoms with E-state index >= 15 is 4.39 Å². The zero-order valence-corrected chi connectivity index (χ0v) is 26.3. The number of fused-ring (bicyclic) bond motifs is 8. The van der Waals surface area contributed by atoms with E-state index in [1.54, 1.807) is 18.5 Å². The van der Waals surface area contributed by atoms with Gasteiger partial charge in [-0.25, -0.2) is 8.78 Å². The molecule has 46 heavy (non-hydrogen) atoms. The lowest BCUT2D eigenvalue weighted by molar-refractivity contribution is -0.120. The van der Waals surface area contributed by atoms with Crippen molar-refractivity contribution in [1.29, 1.82) is 0 Å². The number of Topliss-reactive ketones (excluding diaryl/α,β-unsaturated/α-hetero) is 1. The van der Waals surface area contributed by atoms with Gasteiger partial charge in [-0.3, -0.25) is 19.8 Å². The molecule has 4 aromatic rings. The van der Waals surface area contributed by atoms with Gasteiger partial charge in [-0.1, -0.05) is 11.6 Å². The summed E-state index contributed by atoms with van der Waals surface area (Å²) in [6, 6.07) is 1.83. The normalized spacial score (nSPS) is 25.8. The Morgan fingerprint density at radius 1 is 1.13 bits per heavy atom. The van der Waals surface area contributed by atoms with Gasteiger partial charge in [0.25, 0.3) is 0 Å². The molecule has 0 spiro atoms. The molecular weight excluding hydrogens is 616 g/mol. The van der Waals surface area contributed by atoms with Gasteiger partial charge in [-0.15, -0.1) is 0 Å². The Kier molecular flexibility index (Phi) is 7.77. The zero-order chi connectivity index (χ0) is 31.4. The summed E-state index contributed by atoms with van der Waals surface area (Å²) in [5, 5.41) is 8.76. The number of nitrogens with one attached hydrogen (secondary N) is 1. The number of H-pyrrole nitrogens is 1. The average Bonchev–Trinajstić information content (AvgIpc) is 3.68. The van der Waals surface area contributed by atoms with Crippen LogP contribution in [0.25, 0.3) is 33.1 Å². The van der Waals surface area contributed by atoms with E-state index in [1.807, 2.05) is 4.90 Å². The van der Waals surface area contributed by atoms with Crippen LogP contribution in [0, 0.1) is 11.7 Å². The molecule has 0 unspecified atom stereocenters. The minimum Gasteiger partial charge on any atom is -0.461 e. The van der Waals surface area contributed by atoms with E-state index in [1.165, 1.54) is 0 Å². The maximum Gasteiger partial charge on any atom is 0.319 e. The van der Waals surface area contributed by atoms with E-state index in [0.717, 1.165) is 24.9 Å². The molecule has 0 radical (unpaired) electrons. The molecule has 0 saturated carbocycles. The molecule has 1 N–H and O–H groups in total. The van der Waals surface area contributed by atoms with Crippen molar-refractivity contribution in [1.82, 2.24) is 30.0 Å². The maximum atomic E-state index is 17.0. The van der Waals surface area contributed by atoms with E-state index in [2.05, 4.69) is 20.1 Å². The summed E-state index contributed by atoms with van der Waals surface area (Å²) in [6.45, 7) is 3.33. The SMILES string of the molecule is O=C1CCCCc2c(Cl)cc3[nH]ncc3c2-c2ncc3c(nc(OC[C@@]45CCCN4C[C@H](F)C5)nc3c2F)N2CCOC[C@H](C1)C2. The number of ether oxygens (including phenoxy) is 2. The van der Waals surface area contributed by atoms with Crippen molar-refractivity contribution in [2.24, 2.45) is 5.92 Å². The topological polar surface area (TPSA) is 109 Å². The van der Waals surface area contributed by atoms with Gasteiger partial charge in [-0.05, 0) is 50.3 Å². The second-order valence-corrected chi connectivity index (χ2v) is 13.7. The van der Waals surface area contributed by atoms with Crippen molar-refractivity contribution in [2.45, 2.75) is 63.1 Å². The molecular formula is C33H36ClF2N7O3. The molecule has 5 aliphatic rings. The summed E-state index contributed by atoms with van der Waals surface area (Å²) >= 11 is 6.81. The van der Waals surface area contributed by atoms with Gasteiger partial charge in [0.1, 0.15) is 35.6 Å². The quantitative estimate of drug-likeness (QED) is 0.309. The molecule has 3 atom stereocenters. The number of pyridine rings is 1. The average molecular weight is 652 g/mol. The van der Waals surface area contributed by atoms with Crippen LogP contribution >= 0.6 is 11.6 Å². The molecule has 3 saturated heterocycles. The Labute approximate surface area is 269 Å². The summed E-state index contributed by atoms with van der Waals surface area (Å²) in [7, 11) is 0. The summed E-state index contributed by atoms with van der Waals surface area (Å²) < 4.78 is 43.7. The monoisotopic (exact) mass is 651 g/mol. The first kappa shape index (κ1) is 29.9. The van der Waals surface area contributed by atoms with Crippen LogP contribution in [-0.2, 0) is 16.0 Å². The molecule has 8 heterocycles. The molecule has 0 amide bonds. The van der Waals surface area contributed by atoms with E-state index < -0.39 is 17.5 Å².